The average Bonchev–Trinajstić information content (AvgIpc) is 3.63. The molecule has 1 fully saturated rings. The van der Waals surface area contributed by atoms with Crippen LogP contribution in [0.15, 0.2) is 47.6 Å². The summed E-state index contributed by atoms with van der Waals surface area (Å²) in [5.74, 6) is 0.522. The Kier molecular flexibility index (Phi) is 12.5. The Balaban J connectivity index is 0.000000230. The summed E-state index contributed by atoms with van der Waals surface area (Å²) in [6.07, 6.45) is 21.4. The second kappa shape index (κ2) is 14.7. The summed E-state index contributed by atoms with van der Waals surface area (Å²) < 4.78 is 1.80. The van der Waals surface area contributed by atoms with Crippen LogP contribution in [0.2, 0.25) is 0 Å². The summed E-state index contributed by atoms with van der Waals surface area (Å²) in [6.45, 7) is 24.9. The van der Waals surface area contributed by atoms with Gasteiger partial charge in [-0.3, -0.25) is 12.2 Å². The summed E-state index contributed by atoms with van der Waals surface area (Å²) in [5, 5.41) is 0. The van der Waals surface area contributed by atoms with E-state index < -0.39 is 0 Å². The summed E-state index contributed by atoms with van der Waals surface area (Å²) in [6, 6.07) is 9.81. The molecular weight excluding hydrogens is 679 g/mol. The van der Waals surface area contributed by atoms with Crippen LogP contribution in [0.1, 0.15) is 148 Å². The molecule has 2 aromatic rings. The number of halogens is 2. The third-order valence-corrected chi connectivity index (χ3v) is 11.4. The third-order valence-electron chi connectivity index (χ3n) is 10.2. The van der Waals surface area contributed by atoms with E-state index in [-0.39, 0.29) is 35.6 Å². The molecule has 3 heteroatoms. The van der Waals surface area contributed by atoms with Crippen LogP contribution in [-0.4, -0.2) is 3.21 Å². The van der Waals surface area contributed by atoms with Gasteiger partial charge in [0.2, 0.25) is 0 Å². The van der Waals surface area contributed by atoms with Gasteiger partial charge in [-0.25, -0.2) is 11.1 Å². The molecule has 5 aliphatic carbocycles. The molecule has 1 saturated carbocycles. The molecule has 246 valence electrons. The zero-order valence-electron chi connectivity index (χ0n) is 30.2. The molecule has 0 amide bonds. The molecule has 7 rings (SSSR count). The summed E-state index contributed by atoms with van der Waals surface area (Å²) in [4.78, 5) is 0. The third kappa shape index (κ3) is 7.95. The van der Waals surface area contributed by atoms with Crippen LogP contribution in [0.5, 0.6) is 0 Å². The second-order valence-corrected chi connectivity index (χ2v) is 17.7. The van der Waals surface area contributed by atoms with Crippen molar-refractivity contribution in [1.82, 2.24) is 0 Å². The van der Waals surface area contributed by atoms with Gasteiger partial charge in [-0.1, -0.05) is 111 Å². The SMILES string of the molecule is CC1=[C-]C(C)(C)c2cc3c(cc21)-c1cc2c(cc1C3)C(C)(C)C=C2C.CCC1=[C-]C(C)C=C1C(C)(C)C.[Cl-].[Cl-].[Zr+2]=[C]1CCCCC1. The van der Waals surface area contributed by atoms with E-state index >= 15 is 0 Å². The van der Waals surface area contributed by atoms with Gasteiger partial charge in [0.25, 0.3) is 0 Å². The average molecular weight is 733 g/mol. The zero-order valence-corrected chi connectivity index (χ0v) is 34.2. The molecule has 0 nitrogen and oxygen atoms in total. The molecule has 0 bridgehead atoms. The maximum absolute atomic E-state index is 3.65. The van der Waals surface area contributed by atoms with Crippen molar-refractivity contribution in [2.75, 3.05) is 0 Å². The van der Waals surface area contributed by atoms with E-state index in [0.29, 0.717) is 11.3 Å². The fourth-order valence-electron chi connectivity index (χ4n) is 7.99. The van der Waals surface area contributed by atoms with Gasteiger partial charge in [0.1, 0.15) is 0 Å². The molecule has 0 saturated heterocycles. The van der Waals surface area contributed by atoms with E-state index in [4.69, 9.17) is 0 Å². The molecule has 0 spiro atoms. The fraction of sp³-hybridized carbons (Fsp3) is 0.512. The van der Waals surface area contributed by atoms with Gasteiger partial charge in [0, 0.05) is 5.41 Å². The van der Waals surface area contributed by atoms with Crippen molar-refractivity contribution in [3.63, 3.8) is 0 Å². The Morgan fingerprint density at radius 1 is 0.826 bits per heavy atom. The first-order valence-corrected chi connectivity index (χ1v) is 18.3. The molecule has 46 heavy (non-hydrogen) atoms. The van der Waals surface area contributed by atoms with Crippen molar-refractivity contribution in [1.29, 1.82) is 0 Å². The number of allylic oxidation sites excluding steroid dienone is 8. The molecule has 0 aromatic heterocycles. The zero-order chi connectivity index (χ0) is 32.2. The van der Waals surface area contributed by atoms with Crippen LogP contribution < -0.4 is 24.8 Å². The summed E-state index contributed by atoms with van der Waals surface area (Å²) in [5.41, 5.74) is 17.8. The Labute approximate surface area is 308 Å². The first-order chi connectivity index (χ1) is 20.5. The van der Waals surface area contributed by atoms with Crippen LogP contribution in [0.25, 0.3) is 22.3 Å². The minimum atomic E-state index is 0. The summed E-state index contributed by atoms with van der Waals surface area (Å²) in [7, 11) is 0. The van der Waals surface area contributed by atoms with Crippen molar-refractivity contribution in [3.8, 4) is 11.1 Å². The Morgan fingerprint density at radius 2 is 1.39 bits per heavy atom. The predicted octanol–water partition coefficient (Wildman–Crippen LogP) is 5.88. The maximum atomic E-state index is 3.65. The van der Waals surface area contributed by atoms with Crippen LogP contribution in [0.4, 0.5) is 0 Å². The van der Waals surface area contributed by atoms with E-state index in [1.165, 1.54) is 98.9 Å². The monoisotopic (exact) mass is 730 g/mol. The van der Waals surface area contributed by atoms with Crippen molar-refractivity contribution in [2.24, 2.45) is 11.3 Å². The standard InChI is InChI=1S/C25H25.C12H19.C6H10.2ClH.Zr/c1-14-12-24(3,4)22-8-16-7-17-9-23-19(15(2)13-25(23,5)6)11-21(17)20(16)10-18(14)22;1-6-10-7-9(2)8-11(10)12(3,4)5;1-2-4-6-5-3-1;;;/h8-12H,7H2,1-6H3;8-9H,6H2,1-5H3;1-5H2;2*1H;/q2*-1;;;;+2/p-2. The quantitative estimate of drug-likeness (QED) is 0.275. The molecule has 2 aromatic carbocycles. The van der Waals surface area contributed by atoms with Crippen molar-refractivity contribution < 1.29 is 49.0 Å². The number of hydrogen-bond acceptors (Lipinski definition) is 0. The van der Waals surface area contributed by atoms with E-state index in [2.05, 4.69) is 125 Å². The first-order valence-electron chi connectivity index (χ1n) is 17.1. The predicted molar refractivity (Wildman–Crippen MR) is 189 cm³/mol. The minimum absolute atomic E-state index is 0. The second-order valence-electron chi connectivity index (χ2n) is 16.0. The van der Waals surface area contributed by atoms with Crippen molar-refractivity contribution in [2.45, 2.75) is 132 Å². The van der Waals surface area contributed by atoms with Crippen LogP contribution >= 0.6 is 0 Å². The molecular formula is C43H54Cl2Zr-2. The molecule has 1 atom stereocenters. The van der Waals surface area contributed by atoms with Crippen LogP contribution in [0.3, 0.4) is 0 Å². The number of hydrogen-bond donors (Lipinski definition) is 0. The van der Waals surface area contributed by atoms with Crippen molar-refractivity contribution in [3.05, 3.63) is 93.1 Å². The Bertz CT molecular complexity index is 1530. The van der Waals surface area contributed by atoms with Gasteiger partial charge in [0.05, 0.1) is 0 Å². The molecule has 0 aliphatic heterocycles. The Hall–Kier alpha value is -1.27. The summed E-state index contributed by atoms with van der Waals surface area (Å²) >= 11 is 1.69. The topological polar surface area (TPSA) is 0 Å². The normalized spacial score (nSPS) is 20.9. The van der Waals surface area contributed by atoms with E-state index in [1.807, 2.05) is 0 Å². The van der Waals surface area contributed by atoms with Crippen molar-refractivity contribution >= 4 is 14.4 Å². The molecule has 1 unspecified atom stereocenters. The van der Waals surface area contributed by atoms with Gasteiger partial charge in [0.15, 0.2) is 0 Å². The van der Waals surface area contributed by atoms with Gasteiger partial charge >= 0.3 is 59.5 Å². The Morgan fingerprint density at radius 3 is 1.89 bits per heavy atom. The molecule has 0 radical (unpaired) electrons. The van der Waals surface area contributed by atoms with Gasteiger partial charge < -0.3 is 24.8 Å². The number of rotatable bonds is 1. The fourth-order valence-corrected chi connectivity index (χ4v) is 8.86. The molecule has 0 N–H and O–H groups in total. The van der Waals surface area contributed by atoms with Gasteiger partial charge in [-0.15, -0.1) is 11.6 Å². The van der Waals surface area contributed by atoms with Crippen LogP contribution in [0, 0.1) is 23.5 Å². The van der Waals surface area contributed by atoms with E-state index in [1.54, 1.807) is 27.4 Å². The molecule has 0 heterocycles. The number of benzene rings is 2. The van der Waals surface area contributed by atoms with E-state index in [9.17, 15) is 0 Å². The van der Waals surface area contributed by atoms with E-state index in [0.717, 1.165) is 12.8 Å². The first kappa shape index (κ1) is 39.2. The van der Waals surface area contributed by atoms with Gasteiger partial charge in [-0.2, -0.15) is 17.2 Å². The van der Waals surface area contributed by atoms with Gasteiger partial charge in [-0.05, 0) is 58.4 Å². The van der Waals surface area contributed by atoms with Crippen LogP contribution in [-0.2, 0) is 41.5 Å². The number of fused-ring (bicyclic) bond motifs is 5. The molecule has 5 aliphatic rings.